The van der Waals surface area contributed by atoms with Crippen molar-refractivity contribution < 1.29 is 9.13 Å². The van der Waals surface area contributed by atoms with E-state index in [4.69, 9.17) is 22.1 Å². The van der Waals surface area contributed by atoms with Crippen LogP contribution in [0.25, 0.3) is 0 Å². The zero-order valence-corrected chi connectivity index (χ0v) is 18.1. The lowest BCUT2D eigenvalue weighted by atomic mass is 10.1. The number of nitrogens with zero attached hydrogens (tertiary/aromatic N) is 2. The number of anilines is 2. The fraction of sp³-hybridized carbons (Fsp3) is 0.316. The van der Waals surface area contributed by atoms with Gasteiger partial charge in [-0.05, 0) is 42.7 Å². The van der Waals surface area contributed by atoms with Gasteiger partial charge >= 0.3 is 0 Å². The fourth-order valence-corrected chi connectivity index (χ4v) is 3.33. The monoisotopic (exact) mass is 504 g/mol. The van der Waals surface area contributed by atoms with Crippen molar-refractivity contribution >= 4 is 52.9 Å². The van der Waals surface area contributed by atoms with Crippen LogP contribution in [0, 0.1) is 11.7 Å². The van der Waals surface area contributed by atoms with E-state index in [0.717, 1.165) is 25.2 Å². The molecule has 3 rings (SSSR count). The molecular formula is C19H23ClFIN4O. The number of aliphatic imine (C=N–C) groups is 1. The number of nitrogens with one attached hydrogen (secondary N) is 1. The number of hydrogen-bond donors (Lipinski definition) is 2. The summed E-state index contributed by atoms with van der Waals surface area (Å²) in [6.45, 7) is 2.18. The normalized spacial score (nSPS) is 16.8. The van der Waals surface area contributed by atoms with Crippen molar-refractivity contribution in [3.8, 4) is 5.75 Å². The van der Waals surface area contributed by atoms with Crippen molar-refractivity contribution in [1.82, 2.24) is 0 Å². The van der Waals surface area contributed by atoms with Gasteiger partial charge in [0.05, 0.1) is 17.8 Å². The molecule has 0 bridgehead atoms. The summed E-state index contributed by atoms with van der Waals surface area (Å²) in [4.78, 5) is 6.47. The number of halogens is 3. The Hall–Kier alpha value is -1.74. The van der Waals surface area contributed by atoms with E-state index >= 15 is 0 Å². The fourth-order valence-electron chi connectivity index (χ4n) is 3.07. The average molecular weight is 505 g/mol. The molecule has 1 fully saturated rings. The Morgan fingerprint density at radius 1 is 1.37 bits per heavy atom. The minimum Gasteiger partial charge on any atom is -0.495 e. The van der Waals surface area contributed by atoms with Crippen molar-refractivity contribution in [2.45, 2.75) is 6.42 Å². The molecule has 0 radical (unpaired) electrons. The largest absolute Gasteiger partial charge is 0.495 e. The molecule has 27 heavy (non-hydrogen) atoms. The highest BCUT2D eigenvalue weighted by Crippen LogP contribution is 2.28. The average Bonchev–Trinajstić information content (AvgIpc) is 3.09. The third kappa shape index (κ3) is 5.62. The van der Waals surface area contributed by atoms with Crippen LogP contribution in [0.5, 0.6) is 5.75 Å². The van der Waals surface area contributed by atoms with Gasteiger partial charge in [-0.25, -0.2) is 4.39 Å². The molecule has 2 aromatic rings. The van der Waals surface area contributed by atoms with Gasteiger partial charge in [0, 0.05) is 25.3 Å². The Labute approximate surface area is 180 Å². The molecule has 5 nitrogen and oxygen atoms in total. The number of guanidine groups is 1. The molecule has 0 saturated carbocycles. The second kappa shape index (κ2) is 9.98. The second-order valence-corrected chi connectivity index (χ2v) is 6.66. The summed E-state index contributed by atoms with van der Waals surface area (Å²) in [5, 5.41) is 3.53. The molecule has 146 valence electrons. The van der Waals surface area contributed by atoms with Gasteiger partial charge < -0.3 is 20.7 Å². The molecule has 0 aromatic heterocycles. The number of hydrogen-bond acceptors (Lipinski definition) is 3. The van der Waals surface area contributed by atoms with Crippen molar-refractivity contribution in [3.05, 3.63) is 53.3 Å². The Balaban J connectivity index is 0.00000261. The summed E-state index contributed by atoms with van der Waals surface area (Å²) >= 11 is 6.10. The highest BCUT2D eigenvalue weighted by molar-refractivity contribution is 14.0. The number of para-hydroxylation sites is 1. The van der Waals surface area contributed by atoms with Crippen molar-refractivity contribution in [1.29, 1.82) is 0 Å². The van der Waals surface area contributed by atoms with Crippen LogP contribution in [0.1, 0.15) is 6.42 Å². The molecule has 1 atom stereocenters. The number of nitrogens with two attached hydrogens (primary N) is 1. The highest BCUT2D eigenvalue weighted by Gasteiger charge is 2.24. The summed E-state index contributed by atoms with van der Waals surface area (Å²) in [6.07, 6.45) is 0.958. The predicted molar refractivity (Wildman–Crippen MR) is 120 cm³/mol. The maximum Gasteiger partial charge on any atom is 0.193 e. The third-order valence-electron chi connectivity index (χ3n) is 4.42. The molecule has 8 heteroatoms. The molecule has 1 aliphatic rings. The van der Waals surface area contributed by atoms with Crippen molar-refractivity contribution in [3.63, 3.8) is 0 Å². The van der Waals surface area contributed by atoms with Crippen LogP contribution in [-0.2, 0) is 0 Å². The topological polar surface area (TPSA) is 62.9 Å². The molecule has 2 aromatic carbocycles. The van der Waals surface area contributed by atoms with E-state index < -0.39 is 0 Å². The van der Waals surface area contributed by atoms with Gasteiger partial charge in [-0.3, -0.25) is 4.99 Å². The standard InChI is InChI=1S/C19H22ClFN4O.HI/c1-26-18-7-6-14(10-15(18)20)24-19(22)23-11-13-8-9-25(12-13)17-5-3-2-4-16(17)21;/h2-7,10,13H,8-9,11-12H2,1H3,(H3,22,23,24);1H. The molecule has 1 unspecified atom stereocenters. The second-order valence-electron chi connectivity index (χ2n) is 6.25. The van der Waals surface area contributed by atoms with E-state index in [1.807, 2.05) is 18.2 Å². The van der Waals surface area contributed by atoms with E-state index in [1.54, 1.807) is 25.3 Å². The summed E-state index contributed by atoms with van der Waals surface area (Å²) in [5.74, 6) is 1.09. The van der Waals surface area contributed by atoms with Crippen LogP contribution < -0.4 is 20.7 Å². The Morgan fingerprint density at radius 3 is 2.85 bits per heavy atom. The van der Waals surface area contributed by atoms with Crippen LogP contribution in [0.2, 0.25) is 5.02 Å². The van der Waals surface area contributed by atoms with Crippen LogP contribution in [0.4, 0.5) is 15.8 Å². The van der Waals surface area contributed by atoms with Gasteiger partial charge in [0.15, 0.2) is 5.96 Å². The lowest BCUT2D eigenvalue weighted by Crippen LogP contribution is -2.25. The molecule has 0 aliphatic carbocycles. The number of rotatable bonds is 5. The highest BCUT2D eigenvalue weighted by atomic mass is 127. The lowest BCUT2D eigenvalue weighted by Gasteiger charge is -2.19. The molecule has 1 saturated heterocycles. The molecule has 3 N–H and O–H groups in total. The summed E-state index contributed by atoms with van der Waals surface area (Å²) in [6, 6.07) is 12.2. The van der Waals surface area contributed by atoms with Crippen LogP contribution >= 0.6 is 35.6 Å². The smallest absolute Gasteiger partial charge is 0.193 e. The lowest BCUT2D eigenvalue weighted by molar-refractivity contribution is 0.415. The van der Waals surface area contributed by atoms with E-state index in [9.17, 15) is 4.39 Å². The van der Waals surface area contributed by atoms with E-state index in [-0.39, 0.29) is 29.8 Å². The van der Waals surface area contributed by atoms with E-state index in [0.29, 0.717) is 34.9 Å². The predicted octanol–water partition coefficient (Wildman–Crippen LogP) is 4.36. The first-order valence-electron chi connectivity index (χ1n) is 8.47. The quantitative estimate of drug-likeness (QED) is 0.361. The zero-order chi connectivity index (χ0) is 18.5. The zero-order valence-electron chi connectivity index (χ0n) is 15.0. The number of benzene rings is 2. The Bertz CT molecular complexity index is 805. The third-order valence-corrected chi connectivity index (χ3v) is 4.72. The first-order chi connectivity index (χ1) is 12.6. The van der Waals surface area contributed by atoms with Gasteiger partial charge in [-0.1, -0.05) is 23.7 Å². The molecule has 0 spiro atoms. The van der Waals surface area contributed by atoms with Gasteiger partial charge in [-0.2, -0.15) is 0 Å². The van der Waals surface area contributed by atoms with E-state index in [2.05, 4.69) is 15.2 Å². The first kappa shape index (κ1) is 21.6. The number of ether oxygens (including phenoxy) is 1. The minimum absolute atomic E-state index is 0. The summed E-state index contributed by atoms with van der Waals surface area (Å²) < 4.78 is 19.0. The molecule has 0 amide bonds. The maximum atomic E-state index is 13.9. The van der Waals surface area contributed by atoms with Crippen molar-refractivity contribution in [2.24, 2.45) is 16.6 Å². The van der Waals surface area contributed by atoms with Crippen molar-refractivity contribution in [2.75, 3.05) is 37.0 Å². The Kier molecular flexibility index (Phi) is 7.97. The summed E-state index contributed by atoms with van der Waals surface area (Å²) in [5.41, 5.74) is 7.36. The molecule has 1 heterocycles. The Morgan fingerprint density at radius 2 is 2.15 bits per heavy atom. The van der Waals surface area contributed by atoms with Gasteiger partial charge in [0.1, 0.15) is 11.6 Å². The molecular weight excluding hydrogens is 482 g/mol. The van der Waals surface area contributed by atoms with Gasteiger partial charge in [0.25, 0.3) is 0 Å². The van der Waals surface area contributed by atoms with Gasteiger partial charge in [0.2, 0.25) is 0 Å². The van der Waals surface area contributed by atoms with Gasteiger partial charge in [-0.15, -0.1) is 24.0 Å². The van der Waals surface area contributed by atoms with Crippen LogP contribution in [0.3, 0.4) is 0 Å². The first-order valence-corrected chi connectivity index (χ1v) is 8.84. The maximum absolute atomic E-state index is 13.9. The minimum atomic E-state index is -0.186. The van der Waals surface area contributed by atoms with Crippen LogP contribution in [0.15, 0.2) is 47.5 Å². The molecule has 1 aliphatic heterocycles. The summed E-state index contributed by atoms with van der Waals surface area (Å²) in [7, 11) is 1.57. The SMILES string of the molecule is COc1ccc(NC(N)=NCC2CCN(c3ccccc3F)C2)cc1Cl.I. The van der Waals surface area contributed by atoms with E-state index in [1.165, 1.54) is 6.07 Å². The number of methoxy groups -OCH3 is 1. The van der Waals surface area contributed by atoms with Crippen LogP contribution in [-0.4, -0.2) is 32.7 Å².